The molecule has 0 spiro atoms. The molecular formula is C11H9ClOS. The van der Waals surface area contributed by atoms with Crippen molar-refractivity contribution < 1.29 is 4.79 Å². The third-order valence-electron chi connectivity index (χ3n) is 2.17. The lowest BCUT2D eigenvalue weighted by molar-refractivity contribution is 0.112. The van der Waals surface area contributed by atoms with Crippen molar-refractivity contribution in [3.8, 4) is 0 Å². The number of carbonyl (C=O) groups is 1. The molecule has 0 fully saturated rings. The fourth-order valence-electron chi connectivity index (χ4n) is 1.53. The maximum atomic E-state index is 10.6. The van der Waals surface area contributed by atoms with Crippen LogP contribution in [0.2, 0.25) is 5.02 Å². The fourth-order valence-corrected chi connectivity index (χ4v) is 2.82. The van der Waals surface area contributed by atoms with E-state index >= 15 is 0 Å². The predicted molar refractivity (Wildman–Crippen MR) is 61.6 cm³/mol. The normalized spacial score (nSPS) is 10.7. The van der Waals surface area contributed by atoms with Gasteiger partial charge in [-0.3, -0.25) is 4.79 Å². The fraction of sp³-hybridized carbons (Fsp3) is 0.182. The number of fused-ring (bicyclic) bond motifs is 1. The Morgan fingerprint density at radius 3 is 2.86 bits per heavy atom. The Labute approximate surface area is 91.3 Å². The van der Waals surface area contributed by atoms with Gasteiger partial charge in [-0.15, -0.1) is 11.3 Å². The number of hydrogen-bond acceptors (Lipinski definition) is 2. The standard InChI is InChI=1S/C11H9ClOS/c1-2-7-3-9(12)4-8-5-10(6-13)14-11(7)8/h3-6H,2H2,1H3. The first-order valence-corrected chi connectivity index (χ1v) is 5.61. The molecule has 2 rings (SSSR count). The van der Waals surface area contributed by atoms with Gasteiger partial charge in [-0.2, -0.15) is 0 Å². The van der Waals surface area contributed by atoms with E-state index in [-0.39, 0.29) is 0 Å². The van der Waals surface area contributed by atoms with Crippen molar-refractivity contribution in [3.63, 3.8) is 0 Å². The van der Waals surface area contributed by atoms with E-state index in [4.69, 9.17) is 11.6 Å². The molecule has 0 aliphatic carbocycles. The largest absolute Gasteiger partial charge is 0.297 e. The Morgan fingerprint density at radius 1 is 1.43 bits per heavy atom. The quantitative estimate of drug-likeness (QED) is 0.707. The molecule has 72 valence electrons. The van der Waals surface area contributed by atoms with Crippen LogP contribution in [0, 0.1) is 0 Å². The third kappa shape index (κ3) is 1.56. The van der Waals surface area contributed by atoms with Crippen LogP contribution in [0.15, 0.2) is 18.2 Å². The number of thiophene rings is 1. The van der Waals surface area contributed by atoms with Gasteiger partial charge < -0.3 is 0 Å². The molecule has 1 nitrogen and oxygen atoms in total. The van der Waals surface area contributed by atoms with Crippen molar-refractivity contribution in [1.82, 2.24) is 0 Å². The lowest BCUT2D eigenvalue weighted by Gasteiger charge is -1.99. The Morgan fingerprint density at radius 2 is 2.21 bits per heavy atom. The number of halogens is 1. The molecule has 0 N–H and O–H groups in total. The lowest BCUT2D eigenvalue weighted by Crippen LogP contribution is -1.79. The summed E-state index contributed by atoms with van der Waals surface area (Å²) in [7, 11) is 0. The summed E-state index contributed by atoms with van der Waals surface area (Å²) in [6, 6.07) is 5.76. The SMILES string of the molecule is CCc1cc(Cl)cc2cc(C=O)sc12. The van der Waals surface area contributed by atoms with Crippen LogP contribution < -0.4 is 0 Å². The van der Waals surface area contributed by atoms with Crippen molar-refractivity contribution in [2.24, 2.45) is 0 Å². The van der Waals surface area contributed by atoms with Gasteiger partial charge in [-0.1, -0.05) is 18.5 Å². The summed E-state index contributed by atoms with van der Waals surface area (Å²) in [6.07, 6.45) is 1.83. The van der Waals surface area contributed by atoms with Crippen molar-refractivity contribution in [2.75, 3.05) is 0 Å². The molecule has 0 saturated carbocycles. The lowest BCUT2D eigenvalue weighted by atomic mass is 10.1. The number of benzene rings is 1. The summed E-state index contributed by atoms with van der Waals surface area (Å²) in [5, 5.41) is 1.81. The minimum atomic E-state index is 0.740. The van der Waals surface area contributed by atoms with E-state index in [0.717, 1.165) is 28.0 Å². The highest BCUT2D eigenvalue weighted by atomic mass is 35.5. The van der Waals surface area contributed by atoms with Gasteiger partial charge in [-0.25, -0.2) is 0 Å². The van der Waals surface area contributed by atoms with Gasteiger partial charge >= 0.3 is 0 Å². The molecule has 0 aliphatic rings. The molecule has 14 heavy (non-hydrogen) atoms. The van der Waals surface area contributed by atoms with Gasteiger partial charge in [0.05, 0.1) is 4.88 Å². The third-order valence-corrected chi connectivity index (χ3v) is 3.54. The highest BCUT2D eigenvalue weighted by Gasteiger charge is 2.06. The zero-order valence-electron chi connectivity index (χ0n) is 7.71. The van der Waals surface area contributed by atoms with E-state index in [2.05, 4.69) is 6.92 Å². The molecule has 1 aromatic carbocycles. The highest BCUT2D eigenvalue weighted by Crippen LogP contribution is 2.31. The Hall–Kier alpha value is -0.860. The van der Waals surface area contributed by atoms with Crippen LogP contribution in [0.5, 0.6) is 0 Å². The van der Waals surface area contributed by atoms with Gasteiger partial charge in [0.15, 0.2) is 6.29 Å². The molecule has 2 aromatic rings. The molecular weight excluding hydrogens is 216 g/mol. The average Bonchev–Trinajstić information content (AvgIpc) is 2.59. The number of carbonyl (C=O) groups excluding carboxylic acids is 1. The summed E-state index contributed by atoms with van der Waals surface area (Å²) in [5.41, 5.74) is 1.21. The molecule has 0 radical (unpaired) electrons. The molecule has 0 atom stereocenters. The van der Waals surface area contributed by atoms with E-state index in [1.165, 1.54) is 21.6 Å². The highest BCUT2D eigenvalue weighted by molar-refractivity contribution is 7.20. The summed E-state index contributed by atoms with van der Waals surface area (Å²) in [5.74, 6) is 0. The molecule has 0 bridgehead atoms. The molecule has 1 aromatic heterocycles. The van der Waals surface area contributed by atoms with Crippen molar-refractivity contribution in [3.05, 3.63) is 33.7 Å². The van der Waals surface area contributed by atoms with Crippen LogP contribution in [0.4, 0.5) is 0 Å². The first-order chi connectivity index (χ1) is 6.74. The van der Waals surface area contributed by atoms with Crippen molar-refractivity contribution in [2.45, 2.75) is 13.3 Å². The first kappa shape index (κ1) is 9.69. The minimum Gasteiger partial charge on any atom is -0.297 e. The maximum absolute atomic E-state index is 10.6. The minimum absolute atomic E-state index is 0.740. The summed E-state index contributed by atoms with van der Waals surface area (Å²) in [4.78, 5) is 11.4. The van der Waals surface area contributed by atoms with Gasteiger partial charge in [-0.05, 0) is 35.6 Å². The van der Waals surface area contributed by atoms with Crippen LogP contribution in [-0.4, -0.2) is 6.29 Å². The second kappa shape index (κ2) is 3.71. The molecule has 3 heteroatoms. The number of rotatable bonds is 2. The van der Waals surface area contributed by atoms with Crippen LogP contribution in [0.1, 0.15) is 22.2 Å². The van der Waals surface area contributed by atoms with Crippen molar-refractivity contribution in [1.29, 1.82) is 0 Å². The molecule has 1 heterocycles. The monoisotopic (exact) mass is 224 g/mol. The van der Waals surface area contributed by atoms with E-state index in [1.54, 1.807) is 0 Å². The van der Waals surface area contributed by atoms with E-state index < -0.39 is 0 Å². The number of hydrogen-bond donors (Lipinski definition) is 0. The number of aryl methyl sites for hydroxylation is 1. The van der Waals surface area contributed by atoms with Crippen LogP contribution in [0.3, 0.4) is 0 Å². The molecule has 0 amide bonds. The topological polar surface area (TPSA) is 17.1 Å². The van der Waals surface area contributed by atoms with E-state index in [9.17, 15) is 4.79 Å². The van der Waals surface area contributed by atoms with E-state index in [1.807, 2.05) is 18.2 Å². The number of aldehydes is 1. The Balaban J connectivity index is 2.77. The van der Waals surface area contributed by atoms with E-state index in [0.29, 0.717) is 0 Å². The summed E-state index contributed by atoms with van der Waals surface area (Å²) >= 11 is 7.50. The zero-order valence-corrected chi connectivity index (χ0v) is 9.28. The first-order valence-electron chi connectivity index (χ1n) is 4.41. The van der Waals surface area contributed by atoms with Gasteiger partial charge in [0.25, 0.3) is 0 Å². The van der Waals surface area contributed by atoms with Gasteiger partial charge in [0.2, 0.25) is 0 Å². The maximum Gasteiger partial charge on any atom is 0.160 e. The Bertz CT molecular complexity index is 487. The molecule has 0 aliphatic heterocycles. The Kier molecular flexibility index (Phi) is 2.57. The molecule has 0 saturated heterocycles. The summed E-state index contributed by atoms with van der Waals surface area (Å²) in [6.45, 7) is 2.09. The zero-order chi connectivity index (χ0) is 10.1. The summed E-state index contributed by atoms with van der Waals surface area (Å²) < 4.78 is 1.18. The van der Waals surface area contributed by atoms with Crippen molar-refractivity contribution >= 4 is 39.3 Å². The second-order valence-electron chi connectivity index (χ2n) is 3.10. The van der Waals surface area contributed by atoms with Crippen LogP contribution >= 0.6 is 22.9 Å². The molecule has 0 unspecified atom stereocenters. The smallest absolute Gasteiger partial charge is 0.160 e. The van der Waals surface area contributed by atoms with Gasteiger partial charge in [0, 0.05) is 9.72 Å². The van der Waals surface area contributed by atoms with Crippen LogP contribution in [-0.2, 0) is 6.42 Å². The van der Waals surface area contributed by atoms with Gasteiger partial charge in [0.1, 0.15) is 0 Å². The predicted octanol–water partition coefficient (Wildman–Crippen LogP) is 3.93. The van der Waals surface area contributed by atoms with Crippen LogP contribution in [0.25, 0.3) is 10.1 Å². The second-order valence-corrected chi connectivity index (χ2v) is 4.62. The average molecular weight is 225 g/mol.